The molecule has 6 nitrogen and oxygen atoms in total. The number of amides is 1. The Hall–Kier alpha value is -1.40. The molecular weight excluding hydrogens is 293 g/mol. The van der Waals surface area contributed by atoms with Gasteiger partial charge >= 0.3 is 5.97 Å². The lowest BCUT2D eigenvalue weighted by Crippen LogP contribution is -2.25. The average Bonchev–Trinajstić information content (AvgIpc) is 2.36. The van der Waals surface area contributed by atoms with Crippen molar-refractivity contribution in [3.05, 3.63) is 21.9 Å². The van der Waals surface area contributed by atoms with Gasteiger partial charge in [0.05, 0.1) is 11.5 Å². The van der Waals surface area contributed by atoms with Gasteiger partial charge in [0.2, 0.25) is 0 Å². The summed E-state index contributed by atoms with van der Waals surface area (Å²) in [6.45, 7) is 1.97. The highest BCUT2D eigenvalue weighted by molar-refractivity contribution is 6.34. The number of carboxylic acid groups (broad SMARTS) is 1. The van der Waals surface area contributed by atoms with E-state index in [2.05, 4.69) is 15.5 Å². The van der Waals surface area contributed by atoms with Crippen LogP contribution in [-0.2, 0) is 4.79 Å². The van der Waals surface area contributed by atoms with Crippen LogP contribution in [0.1, 0.15) is 30.1 Å². The molecule has 8 heteroatoms. The molecule has 0 saturated carbocycles. The van der Waals surface area contributed by atoms with Gasteiger partial charge in [-0.05, 0) is 18.9 Å². The molecule has 0 spiro atoms. The fourth-order valence-electron chi connectivity index (χ4n) is 1.34. The number of aliphatic carboxylic acids is 1. The van der Waals surface area contributed by atoms with Gasteiger partial charge in [0.25, 0.3) is 5.91 Å². The zero-order valence-corrected chi connectivity index (χ0v) is 11.7. The number of halogens is 2. The van der Waals surface area contributed by atoms with Crippen LogP contribution < -0.4 is 5.32 Å². The minimum absolute atomic E-state index is 0.0270. The Morgan fingerprint density at radius 1 is 1.42 bits per heavy atom. The van der Waals surface area contributed by atoms with Crippen LogP contribution in [0.2, 0.25) is 10.3 Å². The summed E-state index contributed by atoms with van der Waals surface area (Å²) in [7, 11) is 0. The molecule has 0 aromatic carbocycles. The number of nitrogens with zero attached hydrogens (tertiary/aromatic N) is 2. The summed E-state index contributed by atoms with van der Waals surface area (Å²) in [6, 6.07) is 1.33. The van der Waals surface area contributed by atoms with Crippen LogP contribution >= 0.6 is 23.2 Å². The summed E-state index contributed by atoms with van der Waals surface area (Å²) < 4.78 is 0. The quantitative estimate of drug-likeness (QED) is 0.784. The van der Waals surface area contributed by atoms with Gasteiger partial charge in [-0.15, -0.1) is 10.2 Å². The van der Waals surface area contributed by atoms with Crippen molar-refractivity contribution in [2.75, 3.05) is 6.54 Å². The van der Waals surface area contributed by atoms with E-state index in [1.807, 2.05) is 0 Å². The number of carbonyl (C=O) groups is 2. The van der Waals surface area contributed by atoms with Crippen LogP contribution in [0.5, 0.6) is 0 Å². The molecule has 0 fully saturated rings. The maximum Gasteiger partial charge on any atom is 0.306 e. The molecule has 104 valence electrons. The van der Waals surface area contributed by atoms with Crippen molar-refractivity contribution in [3.63, 3.8) is 0 Å². The molecule has 1 unspecified atom stereocenters. The molecule has 1 heterocycles. The summed E-state index contributed by atoms with van der Waals surface area (Å²) in [5, 5.41) is 18.4. The number of aromatic nitrogens is 2. The van der Waals surface area contributed by atoms with Gasteiger partial charge < -0.3 is 10.4 Å². The predicted molar refractivity (Wildman–Crippen MR) is 70.4 cm³/mol. The molecule has 19 heavy (non-hydrogen) atoms. The number of rotatable bonds is 6. The minimum atomic E-state index is -0.848. The van der Waals surface area contributed by atoms with Gasteiger partial charge in [-0.25, -0.2) is 0 Å². The standard InChI is InChI=1S/C11H13Cl2N3O3/c1-6(11(18)19)3-2-4-14-10(17)7-5-8(12)15-16-9(7)13/h5-6H,2-4H2,1H3,(H,14,17)(H,18,19). The third kappa shape index (κ3) is 5.00. The molecule has 0 bridgehead atoms. The zero-order chi connectivity index (χ0) is 14.4. The number of carbonyl (C=O) groups excluding carboxylic acids is 1. The molecule has 0 aliphatic carbocycles. The van der Waals surface area contributed by atoms with Gasteiger partial charge in [0, 0.05) is 6.54 Å². The molecule has 1 amide bonds. The molecule has 0 radical (unpaired) electrons. The van der Waals surface area contributed by atoms with E-state index < -0.39 is 17.8 Å². The number of hydrogen-bond acceptors (Lipinski definition) is 4. The fourth-order valence-corrected chi connectivity index (χ4v) is 1.67. The van der Waals surface area contributed by atoms with Crippen molar-refractivity contribution >= 4 is 35.1 Å². The Labute approximate surface area is 120 Å². The van der Waals surface area contributed by atoms with Crippen molar-refractivity contribution in [2.24, 2.45) is 5.92 Å². The third-order valence-electron chi connectivity index (χ3n) is 2.48. The monoisotopic (exact) mass is 305 g/mol. The highest BCUT2D eigenvalue weighted by Crippen LogP contribution is 2.15. The lowest BCUT2D eigenvalue weighted by Gasteiger charge is -2.08. The van der Waals surface area contributed by atoms with Gasteiger partial charge in [-0.2, -0.15) is 0 Å². The first-order valence-electron chi connectivity index (χ1n) is 5.61. The van der Waals surface area contributed by atoms with Crippen molar-refractivity contribution in [1.29, 1.82) is 0 Å². The molecule has 1 aromatic rings. The van der Waals surface area contributed by atoms with E-state index in [9.17, 15) is 9.59 Å². The second-order valence-electron chi connectivity index (χ2n) is 4.01. The van der Waals surface area contributed by atoms with Crippen molar-refractivity contribution in [1.82, 2.24) is 15.5 Å². The van der Waals surface area contributed by atoms with E-state index in [1.54, 1.807) is 6.92 Å². The Morgan fingerprint density at radius 2 is 2.11 bits per heavy atom. The smallest absolute Gasteiger partial charge is 0.306 e. The topological polar surface area (TPSA) is 92.2 Å². The Bertz CT molecular complexity index is 482. The summed E-state index contributed by atoms with van der Waals surface area (Å²) in [4.78, 5) is 22.4. The first-order valence-corrected chi connectivity index (χ1v) is 6.37. The van der Waals surface area contributed by atoms with Crippen LogP contribution in [0.4, 0.5) is 0 Å². The molecule has 0 aliphatic heterocycles. The Morgan fingerprint density at radius 3 is 2.74 bits per heavy atom. The van der Waals surface area contributed by atoms with E-state index in [4.69, 9.17) is 28.3 Å². The highest BCUT2D eigenvalue weighted by atomic mass is 35.5. The molecule has 1 aromatic heterocycles. The van der Waals surface area contributed by atoms with E-state index >= 15 is 0 Å². The van der Waals surface area contributed by atoms with Crippen LogP contribution in [-0.4, -0.2) is 33.7 Å². The van der Waals surface area contributed by atoms with Gasteiger partial charge in [-0.3, -0.25) is 9.59 Å². The Kier molecular flexibility index (Phi) is 5.98. The molecule has 2 N–H and O–H groups in total. The first kappa shape index (κ1) is 15.7. The third-order valence-corrected chi connectivity index (χ3v) is 2.95. The summed E-state index contributed by atoms with van der Waals surface area (Å²) >= 11 is 11.3. The van der Waals surface area contributed by atoms with Crippen LogP contribution in [0.3, 0.4) is 0 Å². The summed E-state index contributed by atoms with van der Waals surface area (Å²) in [5.74, 6) is -1.69. The van der Waals surface area contributed by atoms with Gasteiger partial charge in [-0.1, -0.05) is 30.1 Å². The van der Waals surface area contributed by atoms with Crippen molar-refractivity contribution in [3.8, 4) is 0 Å². The lowest BCUT2D eigenvalue weighted by molar-refractivity contribution is -0.141. The minimum Gasteiger partial charge on any atom is -0.481 e. The van der Waals surface area contributed by atoms with Crippen LogP contribution in [0, 0.1) is 5.92 Å². The van der Waals surface area contributed by atoms with Gasteiger partial charge in [0.15, 0.2) is 10.3 Å². The zero-order valence-electron chi connectivity index (χ0n) is 10.2. The molecular formula is C11H13Cl2N3O3. The lowest BCUT2D eigenvalue weighted by atomic mass is 10.1. The van der Waals surface area contributed by atoms with Crippen LogP contribution in [0.15, 0.2) is 6.07 Å². The second kappa shape index (κ2) is 7.25. The van der Waals surface area contributed by atoms with Crippen molar-refractivity contribution < 1.29 is 14.7 Å². The van der Waals surface area contributed by atoms with E-state index in [0.717, 1.165) is 0 Å². The second-order valence-corrected chi connectivity index (χ2v) is 4.75. The summed E-state index contributed by atoms with van der Waals surface area (Å²) in [5.41, 5.74) is 0.146. The predicted octanol–water partition coefficient (Wildman–Crippen LogP) is 2.01. The number of nitrogens with one attached hydrogen (secondary N) is 1. The van der Waals surface area contributed by atoms with E-state index in [0.29, 0.717) is 19.4 Å². The molecule has 1 rings (SSSR count). The molecule has 0 aliphatic rings. The van der Waals surface area contributed by atoms with E-state index in [1.165, 1.54) is 6.07 Å². The SMILES string of the molecule is CC(CCCNC(=O)c1cc(Cl)nnc1Cl)C(=O)O. The molecule has 0 saturated heterocycles. The Balaban J connectivity index is 2.43. The fraction of sp³-hybridized carbons (Fsp3) is 0.455. The van der Waals surface area contributed by atoms with Crippen molar-refractivity contribution in [2.45, 2.75) is 19.8 Å². The first-order chi connectivity index (χ1) is 8.91. The largest absolute Gasteiger partial charge is 0.481 e. The van der Waals surface area contributed by atoms with Gasteiger partial charge in [0.1, 0.15) is 0 Å². The molecule has 1 atom stereocenters. The number of hydrogen-bond donors (Lipinski definition) is 2. The maximum absolute atomic E-state index is 11.8. The highest BCUT2D eigenvalue weighted by Gasteiger charge is 2.14. The van der Waals surface area contributed by atoms with E-state index in [-0.39, 0.29) is 15.9 Å². The summed E-state index contributed by atoms with van der Waals surface area (Å²) in [6.07, 6.45) is 1.04. The average molecular weight is 306 g/mol. The van der Waals surface area contributed by atoms with Crippen LogP contribution in [0.25, 0.3) is 0 Å². The number of carboxylic acids is 1. The normalized spacial score (nSPS) is 11.9. The maximum atomic E-state index is 11.8.